The van der Waals surface area contributed by atoms with Crippen molar-refractivity contribution in [1.82, 2.24) is 24.6 Å². The largest absolute Gasteiger partial charge is 0.382 e. The Hall–Kier alpha value is -2.77. The van der Waals surface area contributed by atoms with E-state index in [2.05, 4.69) is 38.8 Å². The number of carbonyl (C=O) groups excluding carboxylic acids is 1. The summed E-state index contributed by atoms with van der Waals surface area (Å²) in [6.07, 6.45) is 5.09. The van der Waals surface area contributed by atoms with Gasteiger partial charge in [0.15, 0.2) is 0 Å². The van der Waals surface area contributed by atoms with Gasteiger partial charge in [0.25, 0.3) is 5.91 Å². The summed E-state index contributed by atoms with van der Waals surface area (Å²) in [6, 6.07) is 3.95. The zero-order valence-electron chi connectivity index (χ0n) is 15.7. The van der Waals surface area contributed by atoms with Crippen molar-refractivity contribution >= 4 is 11.6 Å². The predicted molar refractivity (Wildman–Crippen MR) is 99.1 cm³/mol. The Labute approximate surface area is 158 Å². The predicted octanol–water partition coefficient (Wildman–Crippen LogP) is 1.45. The van der Waals surface area contributed by atoms with Gasteiger partial charge in [0, 0.05) is 51.3 Å². The highest BCUT2D eigenvalue weighted by Crippen LogP contribution is 2.20. The van der Waals surface area contributed by atoms with Crippen LogP contribution in [0.4, 0.5) is 0 Å². The summed E-state index contributed by atoms with van der Waals surface area (Å²) in [5, 5.41) is 12.8. The third kappa shape index (κ3) is 3.70. The molecule has 0 radical (unpaired) electrons. The van der Waals surface area contributed by atoms with Crippen molar-refractivity contribution in [2.45, 2.75) is 45.8 Å². The molecule has 2 aliphatic heterocycles. The minimum absolute atomic E-state index is 0.0157. The second-order valence-electron chi connectivity index (χ2n) is 7.33. The number of carbonyl (C=O) groups is 1. The molecule has 142 valence electrons. The van der Waals surface area contributed by atoms with Crippen LogP contribution >= 0.6 is 0 Å². The molecular formula is C19H24N6O2. The van der Waals surface area contributed by atoms with Crippen molar-refractivity contribution in [1.29, 1.82) is 0 Å². The minimum Gasteiger partial charge on any atom is -0.382 e. The molecule has 8 heteroatoms. The highest BCUT2D eigenvalue weighted by atomic mass is 16.6. The summed E-state index contributed by atoms with van der Waals surface area (Å²) in [5.74, 6) is 2.16. The van der Waals surface area contributed by atoms with Crippen LogP contribution in [0.15, 0.2) is 29.7 Å². The van der Waals surface area contributed by atoms with Crippen molar-refractivity contribution in [3.63, 3.8) is 0 Å². The van der Waals surface area contributed by atoms with Gasteiger partial charge in [-0.3, -0.25) is 9.78 Å². The molecular weight excluding hydrogens is 344 g/mol. The van der Waals surface area contributed by atoms with E-state index >= 15 is 0 Å². The van der Waals surface area contributed by atoms with Crippen LogP contribution in [0.5, 0.6) is 0 Å². The van der Waals surface area contributed by atoms with E-state index in [4.69, 9.17) is 4.84 Å². The number of hydrogen-bond acceptors (Lipinski definition) is 6. The van der Waals surface area contributed by atoms with Gasteiger partial charge in [0.2, 0.25) is 6.10 Å². The monoisotopic (exact) mass is 368 g/mol. The highest BCUT2D eigenvalue weighted by Gasteiger charge is 2.33. The Morgan fingerprint density at radius 3 is 2.93 bits per heavy atom. The summed E-state index contributed by atoms with van der Waals surface area (Å²) >= 11 is 0. The lowest BCUT2D eigenvalue weighted by molar-refractivity contribution is -0.142. The maximum Gasteiger partial charge on any atom is 0.266 e. The van der Waals surface area contributed by atoms with Gasteiger partial charge < -0.3 is 14.3 Å². The maximum absolute atomic E-state index is 12.8. The van der Waals surface area contributed by atoms with Gasteiger partial charge in [-0.1, -0.05) is 25.1 Å². The summed E-state index contributed by atoms with van der Waals surface area (Å²) in [6.45, 7) is 6.07. The molecule has 0 saturated heterocycles. The number of pyridine rings is 1. The normalized spacial score (nSPS) is 19.4. The molecule has 4 rings (SSSR count). The highest BCUT2D eigenvalue weighted by molar-refractivity contribution is 5.93. The number of aromatic nitrogens is 4. The van der Waals surface area contributed by atoms with Gasteiger partial charge >= 0.3 is 0 Å². The lowest BCUT2D eigenvalue weighted by Gasteiger charge is -2.22. The summed E-state index contributed by atoms with van der Waals surface area (Å²) in [5.41, 5.74) is 2.06. The van der Waals surface area contributed by atoms with Crippen molar-refractivity contribution in [3.8, 4) is 0 Å². The third-order valence-electron chi connectivity index (χ3n) is 5.13. The lowest BCUT2D eigenvalue weighted by Crippen LogP contribution is -2.41. The van der Waals surface area contributed by atoms with Crippen LogP contribution in [0.3, 0.4) is 0 Å². The summed E-state index contributed by atoms with van der Waals surface area (Å²) in [7, 11) is 0. The van der Waals surface area contributed by atoms with E-state index in [1.54, 1.807) is 6.20 Å². The van der Waals surface area contributed by atoms with Crippen LogP contribution in [0.2, 0.25) is 0 Å². The van der Waals surface area contributed by atoms with Gasteiger partial charge in [0.1, 0.15) is 11.6 Å². The van der Waals surface area contributed by atoms with Crippen LogP contribution in [0.1, 0.15) is 37.5 Å². The summed E-state index contributed by atoms with van der Waals surface area (Å²) < 4.78 is 2.13. The van der Waals surface area contributed by atoms with E-state index in [9.17, 15) is 4.79 Å². The van der Waals surface area contributed by atoms with Crippen molar-refractivity contribution in [2.24, 2.45) is 11.1 Å². The fourth-order valence-electron chi connectivity index (χ4n) is 3.49. The number of hydrogen-bond donors (Lipinski definition) is 0. The molecule has 1 atom stereocenters. The zero-order valence-corrected chi connectivity index (χ0v) is 15.7. The zero-order chi connectivity index (χ0) is 18.8. The Morgan fingerprint density at radius 1 is 1.30 bits per heavy atom. The topological polar surface area (TPSA) is 85.5 Å². The van der Waals surface area contributed by atoms with Crippen LogP contribution < -0.4 is 0 Å². The van der Waals surface area contributed by atoms with Gasteiger partial charge in [-0.2, -0.15) is 0 Å². The standard InChI is InChI=1S/C19H24N6O2/c1-13(2)15-11-16(27-23-15)19(26)24-7-5-17-21-22-18(25(17)9-8-24)10-14-4-3-6-20-12-14/h3-4,6,12-13,16H,5,7-11H2,1-2H3/t16-/m1/s1. The summed E-state index contributed by atoms with van der Waals surface area (Å²) in [4.78, 5) is 24.3. The number of amides is 1. The maximum atomic E-state index is 12.8. The Kier molecular flexibility index (Phi) is 4.87. The van der Waals surface area contributed by atoms with E-state index in [1.807, 2.05) is 23.2 Å². The number of nitrogens with zero attached hydrogens (tertiary/aromatic N) is 6. The van der Waals surface area contributed by atoms with Gasteiger partial charge in [-0.05, 0) is 17.5 Å². The second-order valence-corrected chi connectivity index (χ2v) is 7.33. The first-order valence-electron chi connectivity index (χ1n) is 9.43. The van der Waals surface area contributed by atoms with E-state index in [-0.39, 0.29) is 5.91 Å². The fraction of sp³-hybridized carbons (Fsp3) is 0.526. The first-order valence-corrected chi connectivity index (χ1v) is 9.43. The van der Waals surface area contributed by atoms with E-state index < -0.39 is 6.10 Å². The third-order valence-corrected chi connectivity index (χ3v) is 5.13. The molecule has 4 heterocycles. The Bertz CT molecular complexity index is 845. The van der Waals surface area contributed by atoms with Crippen LogP contribution in [-0.2, 0) is 29.0 Å². The van der Waals surface area contributed by atoms with E-state index in [0.29, 0.717) is 44.8 Å². The quantitative estimate of drug-likeness (QED) is 0.815. The average Bonchev–Trinajstić information content (AvgIpc) is 3.25. The van der Waals surface area contributed by atoms with Crippen LogP contribution in [-0.4, -0.2) is 55.5 Å². The first kappa shape index (κ1) is 17.6. The van der Waals surface area contributed by atoms with E-state index in [1.165, 1.54) is 0 Å². The molecule has 2 aromatic rings. The van der Waals surface area contributed by atoms with Crippen LogP contribution in [0.25, 0.3) is 0 Å². The molecule has 2 aliphatic rings. The molecule has 0 fully saturated rings. The molecule has 1 amide bonds. The molecule has 0 aliphatic carbocycles. The minimum atomic E-state index is -0.485. The molecule has 27 heavy (non-hydrogen) atoms. The SMILES string of the molecule is CC(C)C1=NO[C@@H](C(=O)N2CCc3nnc(Cc4cccnc4)n3CC2)C1. The number of fused-ring (bicyclic) bond motifs is 1. The molecule has 0 N–H and O–H groups in total. The molecule has 0 saturated carbocycles. The van der Waals surface area contributed by atoms with Crippen molar-refractivity contribution < 1.29 is 9.63 Å². The smallest absolute Gasteiger partial charge is 0.266 e. The Morgan fingerprint density at radius 2 is 2.19 bits per heavy atom. The van der Waals surface area contributed by atoms with Gasteiger partial charge in [-0.25, -0.2) is 0 Å². The molecule has 8 nitrogen and oxygen atoms in total. The van der Waals surface area contributed by atoms with Gasteiger partial charge in [0.05, 0.1) is 5.71 Å². The first-order chi connectivity index (χ1) is 13.1. The lowest BCUT2D eigenvalue weighted by atomic mass is 10.0. The molecule has 0 aromatic carbocycles. The van der Waals surface area contributed by atoms with Crippen LogP contribution in [0, 0.1) is 5.92 Å². The molecule has 2 aromatic heterocycles. The van der Waals surface area contributed by atoms with Crippen molar-refractivity contribution in [2.75, 3.05) is 13.1 Å². The molecule has 0 unspecified atom stereocenters. The number of rotatable bonds is 4. The Balaban J connectivity index is 1.41. The average molecular weight is 368 g/mol. The van der Waals surface area contributed by atoms with Crippen molar-refractivity contribution in [3.05, 3.63) is 41.7 Å². The van der Waals surface area contributed by atoms with Gasteiger partial charge in [-0.15, -0.1) is 10.2 Å². The van der Waals surface area contributed by atoms with E-state index in [0.717, 1.165) is 22.9 Å². The molecule has 0 spiro atoms. The fourth-order valence-corrected chi connectivity index (χ4v) is 3.49. The number of oxime groups is 1. The second kappa shape index (κ2) is 7.46. The molecule has 0 bridgehead atoms.